The molecule has 9 nitrogen and oxygen atoms in total. The highest BCUT2D eigenvalue weighted by atomic mass is 19.4. The Morgan fingerprint density at radius 2 is 1.89 bits per heavy atom. The molecule has 1 saturated heterocycles. The molecule has 1 aromatic heterocycles. The first-order valence-corrected chi connectivity index (χ1v) is 12.0. The first-order valence-electron chi connectivity index (χ1n) is 12.0. The van der Waals surface area contributed by atoms with Crippen molar-refractivity contribution in [3.63, 3.8) is 0 Å². The molecule has 1 fully saturated rings. The summed E-state index contributed by atoms with van der Waals surface area (Å²) in [5.74, 6) is 1.43. The zero-order valence-corrected chi connectivity index (χ0v) is 20.7. The molecule has 0 bridgehead atoms. The standard InChI is InChI=1S/C26H27F3N6O3/c1-18-4-2-5-19(14-18)17-30-34-23-16-24(35-9-12-37-13-10-35)33-22(32-23)8-11-38-25(36)31-21-7-3-6-20(15-21)26(27,28)29/h2-7,14-16H,8-13,17H2,1H3,(H,31,36). The highest BCUT2D eigenvalue weighted by Gasteiger charge is 2.30. The molecule has 1 aliphatic heterocycles. The Hall–Kier alpha value is -4.06. The average molecular weight is 529 g/mol. The van der Waals surface area contributed by atoms with Crippen molar-refractivity contribution in [3.05, 3.63) is 77.1 Å². The summed E-state index contributed by atoms with van der Waals surface area (Å²) in [6, 6.07) is 14.0. The van der Waals surface area contributed by atoms with Gasteiger partial charge in [0.05, 0.1) is 25.3 Å². The molecule has 200 valence electrons. The number of benzene rings is 2. The van der Waals surface area contributed by atoms with E-state index in [1.54, 1.807) is 6.07 Å². The van der Waals surface area contributed by atoms with Gasteiger partial charge < -0.3 is 14.4 Å². The van der Waals surface area contributed by atoms with Crippen LogP contribution in [0.4, 0.5) is 35.3 Å². The Morgan fingerprint density at radius 3 is 2.66 bits per heavy atom. The van der Waals surface area contributed by atoms with Gasteiger partial charge in [-0.2, -0.15) is 18.3 Å². The van der Waals surface area contributed by atoms with E-state index in [9.17, 15) is 18.0 Å². The van der Waals surface area contributed by atoms with Crippen LogP contribution in [0.2, 0.25) is 0 Å². The second-order valence-electron chi connectivity index (χ2n) is 8.58. The fourth-order valence-electron chi connectivity index (χ4n) is 3.75. The number of hydrogen-bond acceptors (Lipinski definition) is 8. The van der Waals surface area contributed by atoms with E-state index in [1.807, 2.05) is 31.2 Å². The third-order valence-electron chi connectivity index (χ3n) is 5.58. The van der Waals surface area contributed by atoms with Crippen LogP contribution < -0.4 is 10.2 Å². The lowest BCUT2D eigenvalue weighted by atomic mass is 10.1. The number of ether oxygens (including phenoxy) is 2. The van der Waals surface area contributed by atoms with Gasteiger partial charge in [0.1, 0.15) is 18.2 Å². The van der Waals surface area contributed by atoms with E-state index in [0.717, 1.165) is 23.3 Å². The maximum absolute atomic E-state index is 12.9. The highest BCUT2D eigenvalue weighted by Crippen LogP contribution is 2.30. The van der Waals surface area contributed by atoms with Gasteiger partial charge in [0, 0.05) is 31.3 Å². The number of carbonyl (C=O) groups is 1. The summed E-state index contributed by atoms with van der Waals surface area (Å²) in [7, 11) is 0. The van der Waals surface area contributed by atoms with E-state index in [4.69, 9.17) is 9.47 Å². The van der Waals surface area contributed by atoms with Crippen molar-refractivity contribution < 1.29 is 27.4 Å². The van der Waals surface area contributed by atoms with E-state index in [2.05, 4.69) is 30.4 Å². The van der Waals surface area contributed by atoms with Crippen LogP contribution >= 0.6 is 0 Å². The van der Waals surface area contributed by atoms with Crippen molar-refractivity contribution in [1.29, 1.82) is 0 Å². The maximum Gasteiger partial charge on any atom is 0.416 e. The number of aromatic nitrogens is 2. The molecule has 38 heavy (non-hydrogen) atoms. The van der Waals surface area contributed by atoms with Gasteiger partial charge in [-0.05, 0) is 30.7 Å². The van der Waals surface area contributed by atoms with Gasteiger partial charge in [-0.15, -0.1) is 5.11 Å². The minimum atomic E-state index is -4.51. The Kier molecular flexibility index (Phi) is 8.85. The minimum Gasteiger partial charge on any atom is -0.449 e. The molecule has 2 aromatic carbocycles. The number of alkyl halides is 3. The van der Waals surface area contributed by atoms with E-state index in [-0.39, 0.29) is 18.7 Å². The largest absolute Gasteiger partial charge is 0.449 e. The van der Waals surface area contributed by atoms with Crippen molar-refractivity contribution in [2.24, 2.45) is 10.2 Å². The van der Waals surface area contributed by atoms with E-state index < -0.39 is 17.8 Å². The molecule has 4 rings (SSSR count). The number of amides is 1. The lowest BCUT2D eigenvalue weighted by molar-refractivity contribution is -0.137. The molecule has 12 heteroatoms. The first-order chi connectivity index (χ1) is 18.3. The molecule has 1 amide bonds. The zero-order chi connectivity index (χ0) is 27.0. The van der Waals surface area contributed by atoms with Crippen molar-refractivity contribution >= 4 is 23.4 Å². The third kappa shape index (κ3) is 7.97. The Labute approximate surface area is 217 Å². The zero-order valence-electron chi connectivity index (χ0n) is 20.7. The lowest BCUT2D eigenvalue weighted by Gasteiger charge is -2.28. The van der Waals surface area contributed by atoms with Gasteiger partial charge in [-0.25, -0.2) is 14.8 Å². The number of hydrogen-bond donors (Lipinski definition) is 1. The van der Waals surface area contributed by atoms with E-state index >= 15 is 0 Å². The number of halogens is 3. The molecule has 0 aliphatic carbocycles. The monoisotopic (exact) mass is 528 g/mol. The van der Waals surface area contributed by atoms with Crippen molar-refractivity contribution in [2.75, 3.05) is 43.1 Å². The van der Waals surface area contributed by atoms with Gasteiger partial charge in [-0.1, -0.05) is 35.9 Å². The molecule has 0 atom stereocenters. The topological polar surface area (TPSA) is 101 Å². The molecular formula is C26H27F3N6O3. The van der Waals surface area contributed by atoms with Crippen molar-refractivity contribution in [1.82, 2.24) is 9.97 Å². The predicted molar refractivity (Wildman–Crippen MR) is 135 cm³/mol. The summed E-state index contributed by atoms with van der Waals surface area (Å²) < 4.78 is 49.2. The summed E-state index contributed by atoms with van der Waals surface area (Å²) >= 11 is 0. The number of nitrogens with zero attached hydrogens (tertiary/aromatic N) is 5. The predicted octanol–water partition coefficient (Wildman–Crippen LogP) is 5.72. The van der Waals surface area contributed by atoms with Crippen LogP contribution in [0.15, 0.2) is 64.8 Å². The molecule has 0 radical (unpaired) electrons. The molecule has 3 aromatic rings. The van der Waals surface area contributed by atoms with Crippen LogP contribution in [-0.4, -0.2) is 49.0 Å². The number of anilines is 2. The quantitative estimate of drug-likeness (QED) is 0.376. The molecule has 1 aliphatic rings. The van der Waals surface area contributed by atoms with Gasteiger partial charge in [0.2, 0.25) is 0 Å². The molecule has 2 heterocycles. The number of aryl methyl sites for hydroxylation is 1. The summed E-state index contributed by atoms with van der Waals surface area (Å²) in [5.41, 5.74) is 1.27. The smallest absolute Gasteiger partial charge is 0.416 e. The lowest BCUT2D eigenvalue weighted by Crippen LogP contribution is -2.37. The van der Waals surface area contributed by atoms with Crippen LogP contribution in [0.3, 0.4) is 0 Å². The third-order valence-corrected chi connectivity index (χ3v) is 5.58. The maximum atomic E-state index is 12.9. The van der Waals surface area contributed by atoms with Gasteiger partial charge in [-0.3, -0.25) is 5.32 Å². The van der Waals surface area contributed by atoms with Crippen molar-refractivity contribution in [3.8, 4) is 0 Å². The molecule has 0 saturated carbocycles. The van der Waals surface area contributed by atoms with Crippen LogP contribution in [-0.2, 0) is 28.6 Å². The molecule has 0 unspecified atom stereocenters. The molecule has 0 spiro atoms. The average Bonchev–Trinajstić information content (AvgIpc) is 2.89. The highest BCUT2D eigenvalue weighted by molar-refractivity contribution is 5.84. The minimum absolute atomic E-state index is 0.0216. The second-order valence-corrected chi connectivity index (χ2v) is 8.58. The Bertz CT molecular complexity index is 1280. The summed E-state index contributed by atoms with van der Waals surface area (Å²) in [5, 5.41) is 10.9. The van der Waals surface area contributed by atoms with Crippen LogP contribution in [0.1, 0.15) is 22.5 Å². The second kappa shape index (κ2) is 12.5. The number of carbonyl (C=O) groups excluding carboxylic acids is 1. The first kappa shape index (κ1) is 27.0. The van der Waals surface area contributed by atoms with E-state index in [1.165, 1.54) is 12.1 Å². The molecule has 1 N–H and O–H groups in total. The van der Waals surface area contributed by atoms with E-state index in [0.29, 0.717) is 50.3 Å². The summed E-state index contributed by atoms with van der Waals surface area (Å²) in [6.07, 6.45) is -5.22. The van der Waals surface area contributed by atoms with Crippen LogP contribution in [0.5, 0.6) is 0 Å². The van der Waals surface area contributed by atoms with Gasteiger partial charge >= 0.3 is 12.3 Å². The number of morpholine rings is 1. The normalized spacial score (nSPS) is 14.1. The summed E-state index contributed by atoms with van der Waals surface area (Å²) in [4.78, 5) is 23.2. The molecular weight excluding hydrogens is 501 g/mol. The van der Waals surface area contributed by atoms with Crippen LogP contribution in [0, 0.1) is 6.92 Å². The Balaban J connectivity index is 1.40. The number of nitrogens with one attached hydrogen (secondary N) is 1. The summed E-state index contributed by atoms with van der Waals surface area (Å²) in [6.45, 7) is 4.78. The Morgan fingerprint density at radius 1 is 1.11 bits per heavy atom. The van der Waals surface area contributed by atoms with Crippen molar-refractivity contribution in [2.45, 2.75) is 26.1 Å². The van der Waals surface area contributed by atoms with Crippen LogP contribution in [0.25, 0.3) is 0 Å². The van der Waals surface area contributed by atoms with Gasteiger partial charge in [0.25, 0.3) is 0 Å². The fourth-order valence-corrected chi connectivity index (χ4v) is 3.75. The SMILES string of the molecule is Cc1cccc(CN=Nc2cc(N3CCOCC3)nc(CCOC(=O)Nc3cccc(C(F)(F)F)c3)n2)c1. The number of azo groups is 1. The van der Waals surface area contributed by atoms with Gasteiger partial charge in [0.15, 0.2) is 5.82 Å². The fraction of sp³-hybridized carbons (Fsp3) is 0.346. The number of rotatable bonds is 8.